The van der Waals surface area contributed by atoms with Gasteiger partial charge in [0.1, 0.15) is 5.82 Å². The van der Waals surface area contributed by atoms with Crippen LogP contribution in [0.25, 0.3) is 0 Å². The maximum atomic E-state index is 5.87. The van der Waals surface area contributed by atoms with Gasteiger partial charge in [0.15, 0.2) is 0 Å². The van der Waals surface area contributed by atoms with Crippen molar-refractivity contribution in [2.75, 3.05) is 17.2 Å². The molecule has 0 bridgehead atoms. The van der Waals surface area contributed by atoms with Crippen molar-refractivity contribution in [3.8, 4) is 0 Å². The number of halogens is 1. The minimum atomic E-state index is 0.370. The Labute approximate surface area is 131 Å². The predicted molar refractivity (Wildman–Crippen MR) is 89.1 cm³/mol. The van der Waals surface area contributed by atoms with E-state index >= 15 is 0 Å². The second-order valence-corrected chi connectivity index (χ2v) is 5.46. The molecule has 5 heteroatoms. The minimum absolute atomic E-state index is 0.370. The Hall–Kier alpha value is -1.81. The van der Waals surface area contributed by atoms with Crippen molar-refractivity contribution in [2.45, 2.75) is 32.7 Å². The van der Waals surface area contributed by atoms with Gasteiger partial charge in [-0.1, -0.05) is 30.7 Å². The van der Waals surface area contributed by atoms with Crippen molar-refractivity contribution in [1.29, 1.82) is 0 Å². The quantitative estimate of drug-likeness (QED) is 0.812. The van der Waals surface area contributed by atoms with Crippen LogP contribution in [0, 0.1) is 0 Å². The number of nitrogens with one attached hydrogen (secondary N) is 2. The summed E-state index contributed by atoms with van der Waals surface area (Å²) in [6, 6.07) is 10.2. The van der Waals surface area contributed by atoms with Crippen LogP contribution in [0.2, 0.25) is 5.02 Å². The zero-order chi connectivity index (χ0) is 15.1. The molecule has 0 saturated heterocycles. The Kier molecular flexibility index (Phi) is 5.81. The van der Waals surface area contributed by atoms with Crippen LogP contribution in [0.1, 0.15) is 25.8 Å². The van der Waals surface area contributed by atoms with E-state index in [1.165, 1.54) is 5.56 Å². The maximum absolute atomic E-state index is 5.87. The van der Waals surface area contributed by atoms with Crippen LogP contribution in [-0.2, 0) is 6.42 Å². The molecule has 1 heterocycles. The van der Waals surface area contributed by atoms with Crippen molar-refractivity contribution < 1.29 is 0 Å². The Bertz CT molecular complexity index is 556. The van der Waals surface area contributed by atoms with Crippen LogP contribution in [-0.4, -0.2) is 22.6 Å². The summed E-state index contributed by atoms with van der Waals surface area (Å²) in [6.45, 7) is 5.07. The molecule has 1 unspecified atom stereocenters. The first-order valence-electron chi connectivity index (χ1n) is 7.25. The van der Waals surface area contributed by atoms with E-state index in [2.05, 4.69) is 34.4 Å². The van der Waals surface area contributed by atoms with Crippen molar-refractivity contribution in [1.82, 2.24) is 9.97 Å². The van der Waals surface area contributed by atoms with Gasteiger partial charge in [0.25, 0.3) is 0 Å². The fraction of sp³-hybridized carbons (Fsp3) is 0.375. The monoisotopic (exact) mass is 304 g/mol. The van der Waals surface area contributed by atoms with E-state index in [4.69, 9.17) is 11.6 Å². The molecular formula is C16H21ClN4. The average Bonchev–Trinajstić information content (AvgIpc) is 2.49. The van der Waals surface area contributed by atoms with Crippen LogP contribution >= 0.6 is 11.6 Å². The van der Waals surface area contributed by atoms with Gasteiger partial charge in [0, 0.05) is 23.8 Å². The SMILES string of the molecule is CCC(C)Nc1nccc(NCCc2ccc(Cl)cc2)n1. The first kappa shape index (κ1) is 15.6. The van der Waals surface area contributed by atoms with Crippen molar-refractivity contribution in [2.24, 2.45) is 0 Å². The second-order valence-electron chi connectivity index (χ2n) is 5.02. The average molecular weight is 305 g/mol. The molecule has 0 amide bonds. The summed E-state index contributed by atoms with van der Waals surface area (Å²) in [6.07, 6.45) is 3.73. The fourth-order valence-corrected chi connectivity index (χ4v) is 1.96. The van der Waals surface area contributed by atoms with Crippen LogP contribution in [0.3, 0.4) is 0 Å². The third-order valence-corrected chi connectivity index (χ3v) is 3.53. The number of nitrogens with zero attached hydrogens (tertiary/aromatic N) is 2. The fourth-order valence-electron chi connectivity index (χ4n) is 1.84. The first-order chi connectivity index (χ1) is 10.2. The van der Waals surface area contributed by atoms with E-state index in [1.807, 2.05) is 30.3 Å². The number of hydrogen-bond donors (Lipinski definition) is 2. The largest absolute Gasteiger partial charge is 0.370 e. The standard InChI is InChI=1S/C16H21ClN4/c1-3-12(2)20-16-19-11-9-15(21-16)18-10-8-13-4-6-14(17)7-5-13/h4-7,9,11-12H,3,8,10H2,1-2H3,(H2,18,19,20,21). The van der Waals surface area contributed by atoms with E-state index in [9.17, 15) is 0 Å². The van der Waals surface area contributed by atoms with E-state index in [1.54, 1.807) is 6.20 Å². The van der Waals surface area contributed by atoms with Crippen LogP contribution in [0.4, 0.5) is 11.8 Å². The molecule has 21 heavy (non-hydrogen) atoms. The van der Waals surface area contributed by atoms with Gasteiger partial charge in [0.05, 0.1) is 0 Å². The van der Waals surface area contributed by atoms with E-state index < -0.39 is 0 Å². The molecule has 2 N–H and O–H groups in total. The Morgan fingerprint density at radius 1 is 1.19 bits per heavy atom. The topological polar surface area (TPSA) is 49.8 Å². The summed E-state index contributed by atoms with van der Waals surface area (Å²) in [5, 5.41) is 7.35. The molecule has 112 valence electrons. The Morgan fingerprint density at radius 2 is 1.95 bits per heavy atom. The molecule has 0 aliphatic heterocycles. The highest BCUT2D eigenvalue weighted by Crippen LogP contribution is 2.11. The van der Waals surface area contributed by atoms with Gasteiger partial charge >= 0.3 is 0 Å². The first-order valence-corrected chi connectivity index (χ1v) is 7.63. The van der Waals surface area contributed by atoms with E-state index in [0.29, 0.717) is 12.0 Å². The van der Waals surface area contributed by atoms with Crippen LogP contribution in [0.15, 0.2) is 36.5 Å². The van der Waals surface area contributed by atoms with Crippen molar-refractivity contribution >= 4 is 23.4 Å². The highest BCUT2D eigenvalue weighted by Gasteiger charge is 2.02. The van der Waals surface area contributed by atoms with Gasteiger partial charge in [-0.2, -0.15) is 4.98 Å². The van der Waals surface area contributed by atoms with Gasteiger partial charge in [-0.25, -0.2) is 4.98 Å². The van der Waals surface area contributed by atoms with Gasteiger partial charge in [0.2, 0.25) is 5.95 Å². The summed E-state index contributed by atoms with van der Waals surface area (Å²) >= 11 is 5.87. The lowest BCUT2D eigenvalue weighted by atomic mass is 10.1. The summed E-state index contributed by atoms with van der Waals surface area (Å²) < 4.78 is 0. The lowest BCUT2D eigenvalue weighted by Crippen LogP contribution is -2.16. The minimum Gasteiger partial charge on any atom is -0.370 e. The molecule has 0 saturated carbocycles. The lowest BCUT2D eigenvalue weighted by molar-refractivity contribution is 0.753. The number of anilines is 2. The third kappa shape index (κ3) is 5.23. The van der Waals surface area contributed by atoms with Crippen LogP contribution in [0.5, 0.6) is 0 Å². The molecule has 2 rings (SSSR count). The van der Waals surface area contributed by atoms with Gasteiger partial charge in [-0.05, 0) is 43.5 Å². The second kappa shape index (κ2) is 7.84. The molecule has 1 atom stereocenters. The lowest BCUT2D eigenvalue weighted by Gasteiger charge is -2.12. The van der Waals surface area contributed by atoms with Gasteiger partial charge in [-0.15, -0.1) is 0 Å². The van der Waals surface area contributed by atoms with E-state index in [0.717, 1.165) is 30.2 Å². The molecule has 0 aliphatic carbocycles. The molecule has 0 aliphatic rings. The number of benzene rings is 1. The molecule has 1 aromatic heterocycles. The van der Waals surface area contributed by atoms with E-state index in [-0.39, 0.29) is 0 Å². The molecule has 1 aromatic carbocycles. The third-order valence-electron chi connectivity index (χ3n) is 3.28. The van der Waals surface area contributed by atoms with Crippen molar-refractivity contribution in [3.63, 3.8) is 0 Å². The summed E-state index contributed by atoms with van der Waals surface area (Å²) in [5.74, 6) is 1.51. The van der Waals surface area contributed by atoms with Gasteiger partial charge < -0.3 is 10.6 Å². The Balaban J connectivity index is 1.85. The molecule has 0 radical (unpaired) electrons. The summed E-state index contributed by atoms with van der Waals surface area (Å²) in [4.78, 5) is 8.68. The highest BCUT2D eigenvalue weighted by atomic mass is 35.5. The number of rotatable bonds is 7. The zero-order valence-corrected chi connectivity index (χ0v) is 13.2. The maximum Gasteiger partial charge on any atom is 0.224 e. The van der Waals surface area contributed by atoms with Crippen LogP contribution < -0.4 is 10.6 Å². The van der Waals surface area contributed by atoms with Gasteiger partial charge in [-0.3, -0.25) is 0 Å². The summed E-state index contributed by atoms with van der Waals surface area (Å²) in [7, 11) is 0. The summed E-state index contributed by atoms with van der Waals surface area (Å²) in [5.41, 5.74) is 1.25. The molecular weight excluding hydrogens is 284 g/mol. The van der Waals surface area contributed by atoms with Crippen molar-refractivity contribution in [3.05, 3.63) is 47.1 Å². The molecule has 0 spiro atoms. The highest BCUT2D eigenvalue weighted by molar-refractivity contribution is 6.30. The molecule has 2 aromatic rings. The number of aromatic nitrogens is 2. The smallest absolute Gasteiger partial charge is 0.224 e. The molecule has 4 nitrogen and oxygen atoms in total. The Morgan fingerprint density at radius 3 is 2.67 bits per heavy atom. The predicted octanol–water partition coefficient (Wildman–Crippen LogP) is 4.00. The molecule has 0 fully saturated rings. The number of hydrogen-bond acceptors (Lipinski definition) is 4. The zero-order valence-electron chi connectivity index (χ0n) is 12.4. The normalized spacial score (nSPS) is 12.0.